The van der Waals surface area contributed by atoms with E-state index in [4.69, 9.17) is 0 Å². The number of benzene rings is 1. The van der Waals surface area contributed by atoms with Gasteiger partial charge in [0.15, 0.2) is 0 Å². The van der Waals surface area contributed by atoms with Gasteiger partial charge in [-0.25, -0.2) is 0 Å². The molecule has 2 nitrogen and oxygen atoms in total. The molecular formula is C16H21NO. The number of fused-ring (bicyclic) bond motifs is 2. The van der Waals surface area contributed by atoms with Gasteiger partial charge in [0.1, 0.15) is 5.78 Å². The fraction of sp³-hybridized carbons (Fsp3) is 0.562. The molecule has 2 aliphatic heterocycles. The van der Waals surface area contributed by atoms with Crippen LogP contribution >= 0.6 is 0 Å². The van der Waals surface area contributed by atoms with Crippen molar-refractivity contribution in [2.75, 3.05) is 0 Å². The first-order valence-electron chi connectivity index (χ1n) is 7.11. The highest BCUT2D eigenvalue weighted by Gasteiger charge is 2.31. The minimum absolute atomic E-state index is 0.437. The summed E-state index contributed by atoms with van der Waals surface area (Å²) in [5.41, 5.74) is 1.44. The van der Waals surface area contributed by atoms with Crippen LogP contribution in [-0.2, 0) is 11.2 Å². The Balaban J connectivity index is 1.66. The van der Waals surface area contributed by atoms with E-state index in [1.165, 1.54) is 24.8 Å². The second-order valence-electron chi connectivity index (χ2n) is 5.88. The molecule has 0 saturated carbocycles. The van der Waals surface area contributed by atoms with Crippen molar-refractivity contribution in [3.63, 3.8) is 0 Å². The standard InChI is InChI=1S/C16H21NO/c18-16-10-14-7-6-13(9-15(11-16)17-14)8-12-4-2-1-3-5-12/h1-5,13-15,17H,6-11H2. The third-order valence-corrected chi connectivity index (χ3v) is 4.33. The van der Waals surface area contributed by atoms with Crippen LogP contribution in [0.5, 0.6) is 0 Å². The summed E-state index contributed by atoms with van der Waals surface area (Å²) in [6, 6.07) is 11.6. The average molecular weight is 243 g/mol. The van der Waals surface area contributed by atoms with Crippen molar-refractivity contribution in [1.29, 1.82) is 0 Å². The van der Waals surface area contributed by atoms with Crippen LogP contribution in [0.1, 0.15) is 37.7 Å². The fourth-order valence-electron chi connectivity index (χ4n) is 3.51. The van der Waals surface area contributed by atoms with Gasteiger partial charge in [0.25, 0.3) is 0 Å². The quantitative estimate of drug-likeness (QED) is 0.865. The first-order chi connectivity index (χ1) is 8.79. The summed E-state index contributed by atoms with van der Waals surface area (Å²) in [4.78, 5) is 11.7. The summed E-state index contributed by atoms with van der Waals surface area (Å²) in [6.07, 6.45) is 6.27. The lowest BCUT2D eigenvalue weighted by Gasteiger charge is -2.27. The van der Waals surface area contributed by atoms with Crippen molar-refractivity contribution in [2.24, 2.45) is 5.92 Å². The Morgan fingerprint density at radius 2 is 1.83 bits per heavy atom. The van der Waals surface area contributed by atoms with Crippen LogP contribution in [0.15, 0.2) is 30.3 Å². The molecule has 0 radical (unpaired) electrons. The lowest BCUT2D eigenvalue weighted by molar-refractivity contribution is -0.121. The van der Waals surface area contributed by atoms with Crippen LogP contribution < -0.4 is 5.32 Å². The largest absolute Gasteiger partial charge is 0.310 e. The molecule has 2 bridgehead atoms. The first-order valence-corrected chi connectivity index (χ1v) is 7.11. The van der Waals surface area contributed by atoms with E-state index in [-0.39, 0.29) is 0 Å². The molecular weight excluding hydrogens is 222 g/mol. The lowest BCUT2D eigenvalue weighted by Crippen LogP contribution is -2.44. The molecule has 2 heterocycles. The van der Waals surface area contributed by atoms with E-state index in [9.17, 15) is 4.79 Å². The summed E-state index contributed by atoms with van der Waals surface area (Å²) < 4.78 is 0. The van der Waals surface area contributed by atoms with Gasteiger partial charge in [-0.1, -0.05) is 30.3 Å². The summed E-state index contributed by atoms with van der Waals surface area (Å²) >= 11 is 0. The van der Waals surface area contributed by atoms with E-state index >= 15 is 0 Å². The van der Waals surface area contributed by atoms with E-state index < -0.39 is 0 Å². The number of ketones is 1. The number of hydrogen-bond acceptors (Lipinski definition) is 2. The van der Waals surface area contributed by atoms with Crippen LogP contribution in [-0.4, -0.2) is 17.9 Å². The molecule has 0 amide bonds. The van der Waals surface area contributed by atoms with Crippen molar-refractivity contribution in [3.8, 4) is 0 Å². The first kappa shape index (κ1) is 11.9. The number of rotatable bonds is 2. The maximum Gasteiger partial charge on any atom is 0.136 e. The molecule has 0 aliphatic carbocycles. The Bertz CT molecular complexity index is 414. The monoisotopic (exact) mass is 243 g/mol. The molecule has 1 aromatic carbocycles. The van der Waals surface area contributed by atoms with Crippen LogP contribution in [0.2, 0.25) is 0 Å². The van der Waals surface area contributed by atoms with Crippen LogP contribution in [0.25, 0.3) is 0 Å². The number of nitrogens with one attached hydrogen (secondary N) is 1. The molecule has 96 valence electrons. The van der Waals surface area contributed by atoms with Gasteiger partial charge < -0.3 is 5.32 Å². The van der Waals surface area contributed by atoms with Gasteiger partial charge >= 0.3 is 0 Å². The molecule has 2 fully saturated rings. The normalized spacial score (nSPS) is 32.0. The lowest BCUT2D eigenvalue weighted by atomic mass is 9.89. The van der Waals surface area contributed by atoms with Gasteiger partial charge in [0, 0.05) is 24.9 Å². The van der Waals surface area contributed by atoms with Gasteiger partial charge in [0.2, 0.25) is 0 Å². The van der Waals surface area contributed by atoms with Crippen molar-refractivity contribution >= 4 is 5.78 Å². The zero-order valence-corrected chi connectivity index (χ0v) is 10.8. The highest BCUT2D eigenvalue weighted by molar-refractivity contribution is 5.80. The molecule has 2 aliphatic rings. The number of Topliss-reactive ketones (excluding diaryl/α,β-unsaturated/α-hetero) is 1. The second kappa shape index (κ2) is 5.23. The molecule has 1 aromatic rings. The van der Waals surface area contributed by atoms with Gasteiger partial charge in [0.05, 0.1) is 0 Å². The minimum Gasteiger partial charge on any atom is -0.310 e. The predicted molar refractivity (Wildman–Crippen MR) is 72.4 cm³/mol. The SMILES string of the molecule is O=C1CC2CCC(Cc3ccccc3)CC(C1)N2. The van der Waals surface area contributed by atoms with Gasteiger partial charge in [-0.05, 0) is 37.2 Å². The van der Waals surface area contributed by atoms with E-state index in [2.05, 4.69) is 35.6 Å². The third-order valence-electron chi connectivity index (χ3n) is 4.33. The average Bonchev–Trinajstić information content (AvgIpc) is 2.49. The molecule has 0 aromatic heterocycles. The molecule has 0 spiro atoms. The molecule has 18 heavy (non-hydrogen) atoms. The fourth-order valence-corrected chi connectivity index (χ4v) is 3.51. The molecule has 1 N–H and O–H groups in total. The van der Waals surface area contributed by atoms with Gasteiger partial charge in [-0.15, -0.1) is 0 Å². The number of carbonyl (C=O) groups is 1. The Kier molecular flexibility index (Phi) is 3.46. The summed E-state index contributed by atoms with van der Waals surface area (Å²) in [7, 11) is 0. The second-order valence-corrected chi connectivity index (χ2v) is 5.88. The zero-order chi connectivity index (χ0) is 12.4. The van der Waals surface area contributed by atoms with Crippen LogP contribution in [0, 0.1) is 5.92 Å². The van der Waals surface area contributed by atoms with E-state index in [1.54, 1.807) is 0 Å². The van der Waals surface area contributed by atoms with Crippen LogP contribution in [0.4, 0.5) is 0 Å². The van der Waals surface area contributed by atoms with Crippen molar-refractivity contribution < 1.29 is 4.79 Å². The van der Waals surface area contributed by atoms with E-state index in [1.807, 2.05) is 0 Å². The molecule has 3 atom stereocenters. The number of carbonyl (C=O) groups excluding carboxylic acids is 1. The molecule has 2 saturated heterocycles. The van der Waals surface area contributed by atoms with E-state index in [0.29, 0.717) is 17.9 Å². The Morgan fingerprint density at radius 1 is 1.06 bits per heavy atom. The van der Waals surface area contributed by atoms with Crippen molar-refractivity contribution in [2.45, 2.75) is 50.6 Å². The highest BCUT2D eigenvalue weighted by atomic mass is 16.1. The van der Waals surface area contributed by atoms with Crippen LogP contribution in [0.3, 0.4) is 0 Å². The Labute approximate surface area is 109 Å². The Hall–Kier alpha value is -1.15. The predicted octanol–water partition coefficient (Wildman–Crippen LogP) is 2.72. The topological polar surface area (TPSA) is 29.1 Å². The van der Waals surface area contributed by atoms with Gasteiger partial charge in [-0.2, -0.15) is 0 Å². The third kappa shape index (κ3) is 2.81. The minimum atomic E-state index is 0.437. The van der Waals surface area contributed by atoms with Crippen molar-refractivity contribution in [1.82, 2.24) is 5.32 Å². The molecule has 3 rings (SSSR count). The Morgan fingerprint density at radius 3 is 2.67 bits per heavy atom. The number of piperidine rings is 1. The highest BCUT2D eigenvalue weighted by Crippen LogP contribution is 2.29. The van der Waals surface area contributed by atoms with Crippen molar-refractivity contribution in [3.05, 3.63) is 35.9 Å². The summed E-state index contributed by atoms with van der Waals surface area (Å²) in [6.45, 7) is 0. The van der Waals surface area contributed by atoms with E-state index in [0.717, 1.165) is 25.2 Å². The number of hydrogen-bond donors (Lipinski definition) is 1. The summed E-state index contributed by atoms with van der Waals surface area (Å²) in [5, 5.41) is 3.64. The maximum absolute atomic E-state index is 11.7. The zero-order valence-electron chi connectivity index (χ0n) is 10.8. The maximum atomic E-state index is 11.7. The molecule has 3 unspecified atom stereocenters. The summed E-state index contributed by atoms with van der Waals surface area (Å²) in [5.74, 6) is 1.20. The smallest absolute Gasteiger partial charge is 0.136 e. The molecule has 2 heteroatoms. The van der Waals surface area contributed by atoms with Gasteiger partial charge in [-0.3, -0.25) is 4.79 Å².